The fraction of sp³-hybridized carbons (Fsp3) is 0.222. The van der Waals surface area contributed by atoms with Gasteiger partial charge >= 0.3 is 0 Å². The van der Waals surface area contributed by atoms with E-state index in [0.29, 0.717) is 0 Å². The molecular formula is C18H18N2O3. The van der Waals surface area contributed by atoms with Crippen molar-refractivity contribution < 1.29 is 14.6 Å². The maximum atomic E-state index is 9.99. The number of hydrogen-bond donors (Lipinski definition) is 2. The second-order valence-electron chi connectivity index (χ2n) is 5.97. The lowest BCUT2D eigenvalue weighted by molar-refractivity contribution is 0.174. The Balaban J connectivity index is 1.89. The predicted molar refractivity (Wildman–Crippen MR) is 90.6 cm³/mol. The van der Waals surface area contributed by atoms with E-state index in [4.69, 9.17) is 9.47 Å². The van der Waals surface area contributed by atoms with Gasteiger partial charge in [0.05, 0.1) is 11.2 Å². The summed E-state index contributed by atoms with van der Waals surface area (Å²) < 4.78 is 10.9. The van der Waals surface area contributed by atoms with E-state index in [1.54, 1.807) is 6.07 Å². The van der Waals surface area contributed by atoms with E-state index >= 15 is 0 Å². The van der Waals surface area contributed by atoms with Crippen LogP contribution in [0.25, 0.3) is 22.2 Å². The number of anilines is 1. The zero-order valence-corrected chi connectivity index (χ0v) is 13.3. The van der Waals surface area contributed by atoms with Gasteiger partial charge in [0.1, 0.15) is 5.75 Å². The Morgan fingerprint density at radius 2 is 1.83 bits per heavy atom. The van der Waals surface area contributed by atoms with Crippen molar-refractivity contribution in [2.45, 2.75) is 6.92 Å². The van der Waals surface area contributed by atoms with Crippen LogP contribution in [0.2, 0.25) is 0 Å². The summed E-state index contributed by atoms with van der Waals surface area (Å²) in [4.78, 5) is 5.36. The van der Waals surface area contributed by atoms with Crippen LogP contribution in [0.4, 0.5) is 5.69 Å². The number of aryl methyl sites for hydroxylation is 1. The van der Waals surface area contributed by atoms with Gasteiger partial charge < -0.3 is 24.5 Å². The highest BCUT2D eigenvalue weighted by molar-refractivity contribution is 5.93. The van der Waals surface area contributed by atoms with E-state index in [-0.39, 0.29) is 12.5 Å². The minimum absolute atomic E-state index is 0.272. The zero-order chi connectivity index (χ0) is 16.1. The number of benzene rings is 2. The van der Waals surface area contributed by atoms with Gasteiger partial charge in [-0.1, -0.05) is 0 Å². The van der Waals surface area contributed by atoms with Crippen LogP contribution >= 0.6 is 0 Å². The van der Waals surface area contributed by atoms with Crippen LogP contribution in [0.5, 0.6) is 17.2 Å². The molecule has 2 heterocycles. The van der Waals surface area contributed by atoms with Gasteiger partial charge in [-0.25, -0.2) is 0 Å². The van der Waals surface area contributed by atoms with Crippen LogP contribution in [0.1, 0.15) is 5.56 Å². The Bertz CT molecular complexity index is 912. The number of nitrogens with zero attached hydrogens (tertiary/aromatic N) is 1. The molecule has 5 nitrogen and oxygen atoms in total. The highest BCUT2D eigenvalue weighted by Gasteiger charge is 2.18. The van der Waals surface area contributed by atoms with E-state index in [9.17, 15) is 5.11 Å². The Kier molecular flexibility index (Phi) is 2.91. The van der Waals surface area contributed by atoms with Gasteiger partial charge in [0.15, 0.2) is 11.5 Å². The van der Waals surface area contributed by atoms with Gasteiger partial charge in [0, 0.05) is 36.8 Å². The number of aromatic amines is 1. The molecule has 2 aromatic carbocycles. The molecule has 118 valence electrons. The molecule has 3 aromatic rings. The van der Waals surface area contributed by atoms with Crippen molar-refractivity contribution in [2.24, 2.45) is 0 Å². The summed E-state index contributed by atoms with van der Waals surface area (Å²) in [5, 5.41) is 11.1. The van der Waals surface area contributed by atoms with E-state index in [1.165, 1.54) is 0 Å². The fourth-order valence-corrected chi connectivity index (χ4v) is 3.04. The lowest BCUT2D eigenvalue weighted by atomic mass is 10.0. The second kappa shape index (κ2) is 4.84. The van der Waals surface area contributed by atoms with Gasteiger partial charge in [0.25, 0.3) is 0 Å². The standard InChI is InChI=1S/C18H18N2O3/c1-10-12-7-16-17(23-9-22-16)8-13(12)19-18(10)11-4-5-15(21)14(6-11)20(2)3/h4-8,19,21H,9H2,1-3H3. The number of phenols is 1. The van der Waals surface area contributed by atoms with Crippen LogP contribution < -0.4 is 14.4 Å². The number of aromatic nitrogens is 1. The maximum absolute atomic E-state index is 9.99. The molecule has 0 amide bonds. The molecule has 1 aromatic heterocycles. The quantitative estimate of drug-likeness (QED) is 0.758. The van der Waals surface area contributed by atoms with Crippen LogP contribution in [0.3, 0.4) is 0 Å². The van der Waals surface area contributed by atoms with Crippen molar-refractivity contribution in [3.8, 4) is 28.5 Å². The number of nitrogens with one attached hydrogen (secondary N) is 1. The SMILES string of the molecule is Cc1c(-c2ccc(O)c(N(C)C)c2)[nH]c2cc3c(cc12)OCO3. The van der Waals surface area contributed by atoms with E-state index in [2.05, 4.69) is 11.9 Å². The topological polar surface area (TPSA) is 57.7 Å². The highest BCUT2D eigenvalue weighted by atomic mass is 16.7. The number of rotatable bonds is 2. The maximum Gasteiger partial charge on any atom is 0.231 e. The van der Waals surface area contributed by atoms with E-state index in [1.807, 2.05) is 43.3 Å². The van der Waals surface area contributed by atoms with Crippen molar-refractivity contribution >= 4 is 16.6 Å². The smallest absolute Gasteiger partial charge is 0.231 e. The lowest BCUT2D eigenvalue weighted by Crippen LogP contribution is -2.08. The minimum atomic E-state index is 0.272. The number of H-pyrrole nitrogens is 1. The molecule has 5 heteroatoms. The summed E-state index contributed by atoms with van der Waals surface area (Å²) in [6, 6.07) is 9.61. The molecule has 2 N–H and O–H groups in total. The Morgan fingerprint density at radius 3 is 2.57 bits per heavy atom. The average Bonchev–Trinajstić information content (AvgIpc) is 3.10. The Labute approximate surface area is 134 Å². The van der Waals surface area contributed by atoms with Crippen molar-refractivity contribution in [1.29, 1.82) is 0 Å². The third-order valence-electron chi connectivity index (χ3n) is 4.30. The predicted octanol–water partition coefficient (Wildman–Crippen LogP) is 3.64. The van der Waals surface area contributed by atoms with Gasteiger partial charge in [-0.3, -0.25) is 0 Å². The van der Waals surface area contributed by atoms with Gasteiger partial charge in [-0.15, -0.1) is 0 Å². The first kappa shape index (κ1) is 13.8. The van der Waals surface area contributed by atoms with E-state index < -0.39 is 0 Å². The molecular weight excluding hydrogens is 292 g/mol. The van der Waals surface area contributed by atoms with Gasteiger partial charge in [-0.05, 0) is 36.8 Å². The lowest BCUT2D eigenvalue weighted by Gasteiger charge is -2.15. The summed E-state index contributed by atoms with van der Waals surface area (Å²) in [6.45, 7) is 2.36. The summed E-state index contributed by atoms with van der Waals surface area (Å²) in [7, 11) is 3.83. The Hall–Kier alpha value is -2.82. The normalized spacial score (nSPS) is 12.8. The van der Waals surface area contributed by atoms with Gasteiger partial charge in [0.2, 0.25) is 6.79 Å². The summed E-state index contributed by atoms with van der Waals surface area (Å²) in [5.41, 5.74) is 5.01. The first-order valence-electron chi connectivity index (χ1n) is 7.47. The molecule has 0 saturated carbocycles. The monoisotopic (exact) mass is 310 g/mol. The largest absolute Gasteiger partial charge is 0.506 e. The molecule has 1 aliphatic rings. The van der Waals surface area contributed by atoms with Crippen molar-refractivity contribution in [2.75, 3.05) is 25.8 Å². The van der Waals surface area contributed by atoms with Crippen LogP contribution in [-0.2, 0) is 0 Å². The Morgan fingerprint density at radius 1 is 1.09 bits per heavy atom. The molecule has 0 radical (unpaired) electrons. The highest BCUT2D eigenvalue weighted by Crippen LogP contribution is 2.40. The number of fused-ring (bicyclic) bond motifs is 2. The van der Waals surface area contributed by atoms with Crippen molar-refractivity contribution in [3.05, 3.63) is 35.9 Å². The molecule has 0 atom stereocenters. The molecule has 23 heavy (non-hydrogen) atoms. The van der Waals surface area contributed by atoms with Crippen molar-refractivity contribution in [1.82, 2.24) is 4.98 Å². The van der Waals surface area contributed by atoms with Crippen molar-refractivity contribution in [3.63, 3.8) is 0 Å². The third-order valence-corrected chi connectivity index (χ3v) is 4.30. The number of hydrogen-bond acceptors (Lipinski definition) is 4. The molecule has 1 aliphatic heterocycles. The van der Waals surface area contributed by atoms with E-state index in [0.717, 1.165) is 44.9 Å². The minimum Gasteiger partial charge on any atom is -0.506 e. The summed E-state index contributed by atoms with van der Waals surface area (Å²) >= 11 is 0. The van der Waals surface area contributed by atoms with Crippen LogP contribution in [0.15, 0.2) is 30.3 Å². The molecule has 0 aliphatic carbocycles. The zero-order valence-electron chi connectivity index (χ0n) is 13.3. The first-order chi connectivity index (χ1) is 11.0. The fourth-order valence-electron chi connectivity index (χ4n) is 3.04. The molecule has 0 saturated heterocycles. The number of aromatic hydroxyl groups is 1. The first-order valence-corrected chi connectivity index (χ1v) is 7.47. The third kappa shape index (κ3) is 2.08. The average molecular weight is 310 g/mol. The van der Waals surface area contributed by atoms with Crippen LogP contribution in [0, 0.1) is 6.92 Å². The molecule has 0 unspecified atom stereocenters. The number of ether oxygens (including phenoxy) is 2. The summed E-state index contributed by atoms with van der Waals surface area (Å²) in [5.74, 6) is 1.82. The van der Waals surface area contributed by atoms with Gasteiger partial charge in [-0.2, -0.15) is 0 Å². The molecule has 0 fully saturated rings. The molecule has 0 bridgehead atoms. The van der Waals surface area contributed by atoms with Crippen LogP contribution in [-0.4, -0.2) is 31.0 Å². The summed E-state index contributed by atoms with van der Waals surface area (Å²) in [6.07, 6.45) is 0. The second-order valence-corrected chi connectivity index (χ2v) is 5.97. The number of phenolic OH excluding ortho intramolecular Hbond substituents is 1. The molecule has 0 spiro atoms. The molecule has 4 rings (SSSR count).